The van der Waals surface area contributed by atoms with Crippen molar-refractivity contribution in [1.82, 2.24) is 20.0 Å². The third-order valence-electron chi connectivity index (χ3n) is 3.82. The first kappa shape index (κ1) is 16.9. The summed E-state index contributed by atoms with van der Waals surface area (Å²) >= 11 is 0. The number of anilines is 1. The number of hydrogen-bond acceptors (Lipinski definition) is 5. The van der Waals surface area contributed by atoms with Gasteiger partial charge in [-0.3, -0.25) is 14.8 Å². The fourth-order valence-corrected chi connectivity index (χ4v) is 2.36. The summed E-state index contributed by atoms with van der Waals surface area (Å²) in [5, 5.41) is 14.8. The number of aromatic nitrogens is 4. The summed E-state index contributed by atoms with van der Waals surface area (Å²) in [5.41, 5.74) is 2.76. The molecule has 0 bridgehead atoms. The molecule has 0 aliphatic heterocycles. The van der Waals surface area contributed by atoms with Gasteiger partial charge in [-0.25, -0.2) is 0 Å². The van der Waals surface area contributed by atoms with Crippen molar-refractivity contribution in [2.24, 2.45) is 0 Å². The summed E-state index contributed by atoms with van der Waals surface area (Å²) in [6.45, 7) is 6.16. The molecule has 2 aromatic heterocycles. The Bertz CT molecular complexity index is 848. The molecule has 1 amide bonds. The van der Waals surface area contributed by atoms with Crippen molar-refractivity contribution >= 4 is 11.9 Å². The highest BCUT2D eigenvalue weighted by atomic mass is 16.4. The molecule has 7 nitrogen and oxygen atoms in total. The normalized spacial score (nSPS) is 11.0. The second-order valence-electron chi connectivity index (χ2n) is 6.08. The van der Waals surface area contributed by atoms with Gasteiger partial charge in [0, 0.05) is 12.2 Å². The topological polar surface area (TPSA) is 85.8 Å². The third kappa shape index (κ3) is 4.12. The number of rotatable bonds is 6. The molecular formula is C18H21N5O2. The van der Waals surface area contributed by atoms with E-state index >= 15 is 0 Å². The summed E-state index contributed by atoms with van der Waals surface area (Å²) in [7, 11) is 0. The lowest BCUT2D eigenvalue weighted by Crippen LogP contribution is -2.14. The molecule has 25 heavy (non-hydrogen) atoms. The number of carbonyl (C=O) groups is 1. The largest absolute Gasteiger partial charge is 0.401 e. The highest BCUT2D eigenvalue weighted by Gasteiger charge is 2.14. The molecule has 0 fully saturated rings. The molecule has 0 saturated carbocycles. The molecule has 7 heteroatoms. The van der Waals surface area contributed by atoms with Gasteiger partial charge in [0.15, 0.2) is 0 Å². The van der Waals surface area contributed by atoms with E-state index in [9.17, 15) is 4.79 Å². The molecule has 0 radical (unpaired) electrons. The highest BCUT2D eigenvalue weighted by molar-refractivity contribution is 5.90. The van der Waals surface area contributed by atoms with E-state index < -0.39 is 0 Å². The van der Waals surface area contributed by atoms with Gasteiger partial charge in [-0.2, -0.15) is 5.10 Å². The molecule has 0 saturated heterocycles. The van der Waals surface area contributed by atoms with Gasteiger partial charge in [-0.15, -0.1) is 5.10 Å². The zero-order valence-corrected chi connectivity index (χ0v) is 14.6. The summed E-state index contributed by atoms with van der Waals surface area (Å²) in [6, 6.07) is 10.1. The maximum atomic E-state index is 12.1. The van der Waals surface area contributed by atoms with E-state index in [0.29, 0.717) is 5.69 Å². The van der Waals surface area contributed by atoms with E-state index in [-0.39, 0.29) is 30.3 Å². The molecule has 0 aliphatic rings. The molecule has 0 unspecified atom stereocenters. The van der Waals surface area contributed by atoms with Crippen LogP contribution in [0.3, 0.4) is 0 Å². The van der Waals surface area contributed by atoms with Gasteiger partial charge < -0.3 is 4.42 Å². The number of nitrogens with zero attached hydrogens (tertiary/aromatic N) is 4. The van der Waals surface area contributed by atoms with Crippen LogP contribution in [0, 0.1) is 0 Å². The van der Waals surface area contributed by atoms with Gasteiger partial charge in [0.05, 0.1) is 6.42 Å². The Morgan fingerprint density at radius 1 is 1.16 bits per heavy atom. The molecular weight excluding hydrogens is 318 g/mol. The maximum Gasteiger partial charge on any atom is 0.322 e. The predicted molar refractivity (Wildman–Crippen MR) is 94.1 cm³/mol. The molecule has 0 aliphatic carbocycles. The van der Waals surface area contributed by atoms with E-state index in [1.165, 1.54) is 5.56 Å². The Hall–Kier alpha value is -2.96. The molecule has 1 aromatic carbocycles. The SMILES string of the molecule is CCc1ccc(CC(=O)Nc2nnc(-c3ccn(C(C)C)n3)o2)cc1. The van der Waals surface area contributed by atoms with Crippen molar-refractivity contribution in [2.45, 2.75) is 39.7 Å². The van der Waals surface area contributed by atoms with Crippen LogP contribution in [0.5, 0.6) is 0 Å². The van der Waals surface area contributed by atoms with Gasteiger partial charge in [0.2, 0.25) is 5.91 Å². The Morgan fingerprint density at radius 2 is 1.88 bits per heavy atom. The fraction of sp³-hybridized carbons (Fsp3) is 0.333. The lowest BCUT2D eigenvalue weighted by atomic mass is 10.1. The average molecular weight is 339 g/mol. The Morgan fingerprint density at radius 3 is 2.52 bits per heavy atom. The monoisotopic (exact) mass is 339 g/mol. The summed E-state index contributed by atoms with van der Waals surface area (Å²) in [4.78, 5) is 12.1. The number of benzene rings is 1. The fourth-order valence-electron chi connectivity index (χ4n) is 2.36. The van der Waals surface area contributed by atoms with E-state index in [1.807, 2.05) is 44.3 Å². The van der Waals surface area contributed by atoms with Crippen molar-refractivity contribution in [3.05, 3.63) is 47.7 Å². The molecule has 0 spiro atoms. The number of aryl methyl sites for hydroxylation is 1. The van der Waals surface area contributed by atoms with Gasteiger partial charge in [0.25, 0.3) is 5.89 Å². The highest BCUT2D eigenvalue weighted by Crippen LogP contribution is 2.19. The Kier molecular flexibility index (Phi) is 4.92. The summed E-state index contributed by atoms with van der Waals surface area (Å²) in [6.07, 6.45) is 3.08. The second kappa shape index (κ2) is 7.29. The first-order valence-corrected chi connectivity index (χ1v) is 8.32. The van der Waals surface area contributed by atoms with Gasteiger partial charge in [-0.05, 0) is 37.5 Å². The second-order valence-corrected chi connectivity index (χ2v) is 6.08. The summed E-state index contributed by atoms with van der Waals surface area (Å²) in [5.74, 6) is 0.0779. The Balaban J connectivity index is 1.62. The number of nitrogens with one attached hydrogen (secondary N) is 1. The van der Waals surface area contributed by atoms with Crippen LogP contribution in [-0.2, 0) is 17.6 Å². The van der Waals surface area contributed by atoms with Crippen molar-refractivity contribution in [3.8, 4) is 11.6 Å². The van der Waals surface area contributed by atoms with Crippen molar-refractivity contribution < 1.29 is 9.21 Å². The van der Waals surface area contributed by atoms with E-state index in [0.717, 1.165) is 12.0 Å². The number of carbonyl (C=O) groups excluding carboxylic acids is 1. The minimum Gasteiger partial charge on any atom is -0.401 e. The lowest BCUT2D eigenvalue weighted by Gasteiger charge is -2.03. The van der Waals surface area contributed by atoms with E-state index in [4.69, 9.17) is 4.42 Å². The zero-order chi connectivity index (χ0) is 17.8. The zero-order valence-electron chi connectivity index (χ0n) is 14.6. The minimum absolute atomic E-state index is 0.0734. The molecule has 130 valence electrons. The standard InChI is InChI=1S/C18H21N5O2/c1-4-13-5-7-14(8-6-13)11-16(24)19-18-21-20-17(25-18)15-9-10-23(22-15)12(2)3/h5-10,12H,4,11H2,1-3H3,(H,19,21,24). The molecule has 3 rings (SSSR count). The number of amides is 1. The van der Waals surface area contributed by atoms with Crippen LogP contribution in [0.25, 0.3) is 11.6 Å². The molecule has 1 N–H and O–H groups in total. The van der Waals surface area contributed by atoms with Gasteiger partial charge >= 0.3 is 6.01 Å². The average Bonchev–Trinajstić information content (AvgIpc) is 3.24. The lowest BCUT2D eigenvalue weighted by molar-refractivity contribution is -0.115. The molecule has 3 aromatic rings. The maximum absolute atomic E-state index is 12.1. The van der Waals surface area contributed by atoms with Crippen LogP contribution < -0.4 is 5.32 Å². The Labute approximate surface area is 146 Å². The van der Waals surface area contributed by atoms with Crippen molar-refractivity contribution in [2.75, 3.05) is 5.32 Å². The predicted octanol–water partition coefficient (Wildman–Crippen LogP) is 3.26. The van der Waals surface area contributed by atoms with Crippen molar-refractivity contribution in [3.63, 3.8) is 0 Å². The summed E-state index contributed by atoms with van der Waals surface area (Å²) < 4.78 is 7.28. The number of hydrogen-bond donors (Lipinski definition) is 1. The minimum atomic E-state index is -0.202. The quantitative estimate of drug-likeness (QED) is 0.745. The van der Waals surface area contributed by atoms with Crippen molar-refractivity contribution in [1.29, 1.82) is 0 Å². The van der Waals surface area contributed by atoms with Crippen LogP contribution in [0.4, 0.5) is 6.01 Å². The van der Waals surface area contributed by atoms with Crippen LogP contribution in [0.15, 0.2) is 40.9 Å². The first-order valence-electron chi connectivity index (χ1n) is 8.32. The first-order chi connectivity index (χ1) is 12.0. The van der Waals surface area contributed by atoms with Crippen LogP contribution >= 0.6 is 0 Å². The third-order valence-corrected chi connectivity index (χ3v) is 3.82. The van der Waals surface area contributed by atoms with Gasteiger partial charge in [-0.1, -0.05) is 36.3 Å². The van der Waals surface area contributed by atoms with E-state index in [1.54, 1.807) is 10.7 Å². The van der Waals surface area contributed by atoms with E-state index in [2.05, 4.69) is 27.5 Å². The van der Waals surface area contributed by atoms with Crippen LogP contribution in [0.2, 0.25) is 0 Å². The smallest absolute Gasteiger partial charge is 0.322 e. The molecule has 2 heterocycles. The molecule has 0 atom stereocenters. The van der Waals surface area contributed by atoms with Crippen LogP contribution in [0.1, 0.15) is 37.9 Å². The van der Waals surface area contributed by atoms with Crippen LogP contribution in [-0.4, -0.2) is 25.9 Å². The van der Waals surface area contributed by atoms with Gasteiger partial charge in [0.1, 0.15) is 5.69 Å².